The maximum atomic E-state index is 12.0. The number of carbonyl (C=O) groups is 2. The van der Waals surface area contributed by atoms with Gasteiger partial charge in [-0.2, -0.15) is 0 Å². The Kier molecular flexibility index (Phi) is 15.0. The SMILES string of the molecule is CCN(CC(=O)O)C(=O)CC(C)NCC(O)COCCCCOCC(C)O. The lowest BCUT2D eigenvalue weighted by Gasteiger charge is -2.22. The van der Waals surface area contributed by atoms with Crippen molar-refractivity contribution >= 4 is 11.9 Å². The first kappa shape index (κ1) is 25.7. The Morgan fingerprint density at radius 2 is 1.67 bits per heavy atom. The van der Waals surface area contributed by atoms with E-state index in [1.54, 1.807) is 13.8 Å². The number of ether oxygens (including phenoxy) is 2. The summed E-state index contributed by atoms with van der Waals surface area (Å²) in [7, 11) is 0. The molecule has 0 aliphatic carbocycles. The molecule has 0 saturated heterocycles. The minimum absolute atomic E-state index is 0.168. The van der Waals surface area contributed by atoms with Crippen LogP contribution in [-0.2, 0) is 19.1 Å². The van der Waals surface area contributed by atoms with Crippen molar-refractivity contribution in [3.05, 3.63) is 0 Å². The highest BCUT2D eigenvalue weighted by Gasteiger charge is 2.18. The number of nitrogens with zero attached hydrogens (tertiary/aromatic N) is 1. The molecule has 0 aromatic rings. The first-order valence-electron chi connectivity index (χ1n) is 9.50. The normalized spacial score (nSPS) is 14.6. The van der Waals surface area contributed by atoms with Crippen LogP contribution in [-0.4, -0.2) is 96.4 Å². The van der Waals surface area contributed by atoms with E-state index in [0.29, 0.717) is 26.4 Å². The summed E-state index contributed by atoms with van der Waals surface area (Å²) in [6.45, 7) is 7.17. The van der Waals surface area contributed by atoms with Crippen molar-refractivity contribution in [1.29, 1.82) is 0 Å². The zero-order valence-electron chi connectivity index (χ0n) is 16.7. The number of carboxylic acids is 1. The van der Waals surface area contributed by atoms with Gasteiger partial charge in [-0.15, -0.1) is 0 Å². The molecule has 160 valence electrons. The molecule has 0 aromatic carbocycles. The van der Waals surface area contributed by atoms with Gasteiger partial charge in [-0.25, -0.2) is 0 Å². The van der Waals surface area contributed by atoms with E-state index >= 15 is 0 Å². The minimum atomic E-state index is -1.03. The highest BCUT2D eigenvalue weighted by atomic mass is 16.5. The van der Waals surface area contributed by atoms with Crippen molar-refractivity contribution in [3.8, 4) is 0 Å². The van der Waals surface area contributed by atoms with Crippen LogP contribution in [0.5, 0.6) is 0 Å². The first-order valence-corrected chi connectivity index (χ1v) is 9.50. The van der Waals surface area contributed by atoms with Crippen LogP contribution in [0, 0.1) is 0 Å². The van der Waals surface area contributed by atoms with Crippen molar-refractivity contribution in [2.75, 3.05) is 46.1 Å². The smallest absolute Gasteiger partial charge is 0.323 e. The van der Waals surface area contributed by atoms with E-state index in [4.69, 9.17) is 19.7 Å². The van der Waals surface area contributed by atoms with Crippen LogP contribution in [0.1, 0.15) is 40.0 Å². The van der Waals surface area contributed by atoms with Crippen molar-refractivity contribution < 1.29 is 34.4 Å². The highest BCUT2D eigenvalue weighted by Crippen LogP contribution is 2.00. The summed E-state index contributed by atoms with van der Waals surface area (Å²) in [5, 5.41) is 30.8. The number of likely N-dealkylation sites (N-methyl/N-ethyl adjacent to an activating group) is 1. The summed E-state index contributed by atoms with van der Waals surface area (Å²) in [6.07, 6.45) is 0.659. The van der Waals surface area contributed by atoms with Crippen molar-refractivity contribution in [2.45, 2.75) is 58.3 Å². The number of hydrogen-bond donors (Lipinski definition) is 4. The molecule has 0 radical (unpaired) electrons. The summed E-state index contributed by atoms with van der Waals surface area (Å²) in [6, 6.07) is -0.180. The molecule has 3 atom stereocenters. The van der Waals surface area contributed by atoms with Gasteiger partial charge in [-0.05, 0) is 33.6 Å². The van der Waals surface area contributed by atoms with Crippen molar-refractivity contribution in [3.63, 3.8) is 0 Å². The molecule has 9 nitrogen and oxygen atoms in total. The summed E-state index contributed by atoms with van der Waals surface area (Å²) in [4.78, 5) is 24.0. The van der Waals surface area contributed by atoms with E-state index in [1.807, 2.05) is 6.92 Å². The van der Waals surface area contributed by atoms with Gasteiger partial charge in [-0.3, -0.25) is 9.59 Å². The molecule has 9 heteroatoms. The molecule has 0 aromatic heterocycles. The summed E-state index contributed by atoms with van der Waals surface area (Å²) < 4.78 is 10.6. The average molecular weight is 392 g/mol. The van der Waals surface area contributed by atoms with Crippen LogP contribution in [0.15, 0.2) is 0 Å². The Morgan fingerprint density at radius 3 is 2.19 bits per heavy atom. The number of carbonyl (C=O) groups excluding carboxylic acids is 1. The summed E-state index contributed by atoms with van der Waals surface area (Å²) in [5.74, 6) is -1.27. The number of aliphatic carboxylic acids is 1. The van der Waals surface area contributed by atoms with E-state index in [0.717, 1.165) is 12.8 Å². The number of hydrogen-bond acceptors (Lipinski definition) is 7. The standard InChI is InChI=1S/C18H36N2O7/c1-4-20(11-18(24)25)17(23)9-14(2)19-10-16(22)13-27-8-6-5-7-26-12-15(3)21/h14-16,19,21-22H,4-13H2,1-3H3,(H,24,25). The van der Waals surface area contributed by atoms with Gasteiger partial charge in [0, 0.05) is 38.8 Å². The third-order valence-corrected chi connectivity index (χ3v) is 3.74. The molecule has 0 heterocycles. The summed E-state index contributed by atoms with van der Waals surface area (Å²) in [5.41, 5.74) is 0. The second-order valence-electron chi connectivity index (χ2n) is 6.67. The third-order valence-electron chi connectivity index (χ3n) is 3.74. The van der Waals surface area contributed by atoms with Crippen LogP contribution < -0.4 is 5.32 Å². The fourth-order valence-electron chi connectivity index (χ4n) is 2.28. The molecule has 1 amide bonds. The molecule has 0 spiro atoms. The fourth-order valence-corrected chi connectivity index (χ4v) is 2.28. The molecule has 0 bridgehead atoms. The second-order valence-corrected chi connectivity index (χ2v) is 6.67. The minimum Gasteiger partial charge on any atom is -0.480 e. The topological polar surface area (TPSA) is 129 Å². The largest absolute Gasteiger partial charge is 0.480 e. The van der Waals surface area contributed by atoms with Gasteiger partial charge >= 0.3 is 5.97 Å². The van der Waals surface area contributed by atoms with E-state index in [-0.39, 0.29) is 38.1 Å². The van der Waals surface area contributed by atoms with Crippen LogP contribution in [0.2, 0.25) is 0 Å². The van der Waals surface area contributed by atoms with E-state index in [2.05, 4.69) is 5.32 Å². The summed E-state index contributed by atoms with van der Waals surface area (Å²) >= 11 is 0. The van der Waals surface area contributed by atoms with Crippen LogP contribution >= 0.6 is 0 Å². The van der Waals surface area contributed by atoms with Gasteiger partial charge in [0.2, 0.25) is 5.91 Å². The second kappa shape index (κ2) is 15.8. The third kappa shape index (κ3) is 15.5. The molecule has 0 rings (SSSR count). The first-order chi connectivity index (χ1) is 12.8. The molecule has 27 heavy (non-hydrogen) atoms. The van der Waals surface area contributed by atoms with Gasteiger partial charge < -0.3 is 35.0 Å². The Hall–Kier alpha value is -1.26. The average Bonchev–Trinajstić information content (AvgIpc) is 2.59. The lowest BCUT2D eigenvalue weighted by molar-refractivity contribution is -0.144. The molecule has 0 saturated carbocycles. The molecule has 0 aliphatic heterocycles. The molecule has 4 N–H and O–H groups in total. The van der Waals surface area contributed by atoms with Crippen LogP contribution in [0.3, 0.4) is 0 Å². The number of unbranched alkanes of at least 4 members (excludes halogenated alkanes) is 1. The van der Waals surface area contributed by atoms with Crippen molar-refractivity contribution in [2.24, 2.45) is 0 Å². The number of aliphatic hydroxyl groups is 2. The van der Waals surface area contributed by atoms with E-state index in [9.17, 15) is 14.7 Å². The number of aliphatic hydroxyl groups excluding tert-OH is 2. The van der Waals surface area contributed by atoms with Crippen LogP contribution in [0.4, 0.5) is 0 Å². The fraction of sp³-hybridized carbons (Fsp3) is 0.889. The monoisotopic (exact) mass is 392 g/mol. The quantitative estimate of drug-likeness (QED) is 0.251. The number of amides is 1. The molecule has 3 unspecified atom stereocenters. The predicted octanol–water partition coefficient (Wildman–Crippen LogP) is -0.157. The van der Waals surface area contributed by atoms with E-state index in [1.165, 1.54) is 4.90 Å². The maximum absolute atomic E-state index is 12.0. The van der Waals surface area contributed by atoms with Gasteiger partial charge in [0.25, 0.3) is 0 Å². The Bertz CT molecular complexity index is 407. The van der Waals surface area contributed by atoms with Gasteiger partial charge in [-0.1, -0.05) is 0 Å². The molecular weight excluding hydrogens is 356 g/mol. The van der Waals surface area contributed by atoms with E-state index < -0.39 is 18.2 Å². The lowest BCUT2D eigenvalue weighted by Crippen LogP contribution is -2.41. The number of rotatable bonds is 17. The maximum Gasteiger partial charge on any atom is 0.323 e. The zero-order chi connectivity index (χ0) is 20.7. The molecule has 0 fully saturated rings. The number of carboxylic acid groups (broad SMARTS) is 1. The highest BCUT2D eigenvalue weighted by molar-refractivity contribution is 5.81. The Morgan fingerprint density at radius 1 is 1.07 bits per heavy atom. The Labute approximate surface area is 161 Å². The van der Waals surface area contributed by atoms with Gasteiger partial charge in [0.1, 0.15) is 6.54 Å². The lowest BCUT2D eigenvalue weighted by atomic mass is 10.2. The number of nitrogens with one attached hydrogen (secondary N) is 1. The zero-order valence-corrected chi connectivity index (χ0v) is 16.7. The van der Waals surface area contributed by atoms with Crippen molar-refractivity contribution in [1.82, 2.24) is 10.2 Å². The predicted molar refractivity (Wildman–Crippen MR) is 101 cm³/mol. The molecule has 0 aliphatic rings. The van der Waals surface area contributed by atoms with Gasteiger partial charge in [0.05, 0.1) is 25.4 Å². The Balaban J connectivity index is 3.74. The van der Waals surface area contributed by atoms with Gasteiger partial charge in [0.15, 0.2) is 0 Å². The molecular formula is C18H36N2O7. The van der Waals surface area contributed by atoms with Crippen LogP contribution in [0.25, 0.3) is 0 Å².